The maximum absolute atomic E-state index is 12.4. The molecular formula is C14H27N3O. The van der Waals surface area contributed by atoms with Crippen LogP contribution in [-0.2, 0) is 4.79 Å². The third kappa shape index (κ3) is 2.86. The maximum Gasteiger partial charge on any atom is 0.239 e. The van der Waals surface area contributed by atoms with Crippen LogP contribution < -0.4 is 5.73 Å². The molecule has 0 aromatic heterocycles. The van der Waals surface area contributed by atoms with Crippen molar-refractivity contribution in [2.75, 3.05) is 26.2 Å². The summed E-state index contributed by atoms with van der Waals surface area (Å²) < 4.78 is 0. The highest BCUT2D eigenvalue weighted by Gasteiger charge is 2.42. The Bertz CT molecular complexity index is 291. The minimum Gasteiger partial charge on any atom is -0.341 e. The lowest BCUT2D eigenvalue weighted by molar-refractivity contribution is -0.139. The molecule has 0 aliphatic carbocycles. The molecule has 2 aliphatic rings. The number of hydrogen-bond donors (Lipinski definition) is 1. The van der Waals surface area contributed by atoms with Gasteiger partial charge >= 0.3 is 0 Å². The number of nitrogens with two attached hydrogens (primary N) is 1. The molecule has 2 aliphatic heterocycles. The molecule has 0 bridgehead atoms. The van der Waals surface area contributed by atoms with Gasteiger partial charge < -0.3 is 10.6 Å². The Labute approximate surface area is 110 Å². The van der Waals surface area contributed by atoms with E-state index in [1.165, 1.54) is 12.8 Å². The number of amides is 1. The van der Waals surface area contributed by atoms with Gasteiger partial charge in [-0.25, -0.2) is 0 Å². The summed E-state index contributed by atoms with van der Waals surface area (Å²) in [5.41, 5.74) is 6.12. The molecule has 0 aromatic carbocycles. The van der Waals surface area contributed by atoms with Gasteiger partial charge in [0.15, 0.2) is 0 Å². The minimum atomic E-state index is -0.0483. The molecule has 4 nitrogen and oxygen atoms in total. The molecule has 2 heterocycles. The van der Waals surface area contributed by atoms with Crippen LogP contribution in [0, 0.1) is 0 Å². The van der Waals surface area contributed by atoms with E-state index in [-0.39, 0.29) is 11.6 Å². The zero-order valence-corrected chi connectivity index (χ0v) is 11.8. The lowest BCUT2D eigenvalue weighted by atomic mass is 9.87. The Morgan fingerprint density at radius 1 is 1.22 bits per heavy atom. The Kier molecular flexibility index (Phi) is 4.28. The van der Waals surface area contributed by atoms with Crippen LogP contribution in [0.3, 0.4) is 0 Å². The average molecular weight is 253 g/mol. The highest BCUT2D eigenvalue weighted by molar-refractivity contribution is 5.81. The lowest BCUT2D eigenvalue weighted by Gasteiger charge is -2.50. The van der Waals surface area contributed by atoms with Crippen LogP contribution in [0.1, 0.15) is 46.0 Å². The molecule has 4 heteroatoms. The molecule has 2 N–H and O–H groups in total. The van der Waals surface area contributed by atoms with E-state index in [1.807, 2.05) is 6.92 Å². The van der Waals surface area contributed by atoms with Gasteiger partial charge in [-0.1, -0.05) is 19.8 Å². The topological polar surface area (TPSA) is 49.6 Å². The van der Waals surface area contributed by atoms with Gasteiger partial charge in [0.05, 0.1) is 6.04 Å². The molecule has 0 aromatic rings. The van der Waals surface area contributed by atoms with E-state index in [0.29, 0.717) is 5.91 Å². The van der Waals surface area contributed by atoms with Gasteiger partial charge in [-0.05, 0) is 26.2 Å². The van der Waals surface area contributed by atoms with Crippen molar-refractivity contribution in [3.05, 3.63) is 0 Å². The van der Waals surface area contributed by atoms with Crippen LogP contribution in [0.2, 0.25) is 0 Å². The van der Waals surface area contributed by atoms with Gasteiger partial charge in [-0.15, -0.1) is 0 Å². The summed E-state index contributed by atoms with van der Waals surface area (Å²) in [5, 5.41) is 0. The van der Waals surface area contributed by atoms with Gasteiger partial charge in [0.25, 0.3) is 0 Å². The normalized spacial score (nSPS) is 26.3. The first kappa shape index (κ1) is 13.8. The maximum atomic E-state index is 12.4. The largest absolute Gasteiger partial charge is 0.341 e. The third-order valence-electron chi connectivity index (χ3n) is 4.56. The number of carbonyl (C=O) groups is 1. The first-order valence-electron chi connectivity index (χ1n) is 7.37. The van der Waals surface area contributed by atoms with Gasteiger partial charge in [0, 0.05) is 31.7 Å². The van der Waals surface area contributed by atoms with Gasteiger partial charge in [0.2, 0.25) is 5.91 Å². The van der Waals surface area contributed by atoms with Gasteiger partial charge in [-0.2, -0.15) is 0 Å². The zero-order valence-electron chi connectivity index (χ0n) is 11.8. The van der Waals surface area contributed by atoms with Crippen molar-refractivity contribution < 1.29 is 4.79 Å². The summed E-state index contributed by atoms with van der Waals surface area (Å²) in [6.07, 6.45) is 5.85. The van der Waals surface area contributed by atoms with Crippen LogP contribution in [0.15, 0.2) is 0 Å². The first-order chi connectivity index (χ1) is 8.56. The summed E-state index contributed by atoms with van der Waals surface area (Å²) in [6, 6.07) is 0.00586. The van der Waals surface area contributed by atoms with Gasteiger partial charge in [-0.3, -0.25) is 9.69 Å². The van der Waals surface area contributed by atoms with E-state index in [9.17, 15) is 4.79 Å². The molecule has 18 heavy (non-hydrogen) atoms. The van der Waals surface area contributed by atoms with Crippen molar-refractivity contribution in [1.82, 2.24) is 9.80 Å². The van der Waals surface area contributed by atoms with Crippen molar-refractivity contribution >= 4 is 5.91 Å². The molecule has 0 saturated carbocycles. The Morgan fingerprint density at radius 2 is 1.78 bits per heavy atom. The van der Waals surface area contributed by atoms with E-state index in [4.69, 9.17) is 5.73 Å². The number of carbonyl (C=O) groups excluding carboxylic acids is 1. The fourth-order valence-corrected chi connectivity index (χ4v) is 2.97. The van der Waals surface area contributed by atoms with Crippen molar-refractivity contribution in [2.45, 2.75) is 57.5 Å². The molecule has 104 valence electrons. The SMILES string of the molecule is CCC1(N)CN(C(C)C(=O)N2CCCCCC2)C1. The molecule has 2 saturated heterocycles. The van der Waals surface area contributed by atoms with Crippen LogP contribution in [0.25, 0.3) is 0 Å². The van der Waals surface area contributed by atoms with E-state index >= 15 is 0 Å². The molecule has 2 fully saturated rings. The highest BCUT2D eigenvalue weighted by Crippen LogP contribution is 2.24. The smallest absolute Gasteiger partial charge is 0.239 e. The van der Waals surface area contributed by atoms with Crippen molar-refractivity contribution in [3.63, 3.8) is 0 Å². The third-order valence-corrected chi connectivity index (χ3v) is 4.56. The quantitative estimate of drug-likeness (QED) is 0.822. The summed E-state index contributed by atoms with van der Waals surface area (Å²) >= 11 is 0. The fourth-order valence-electron chi connectivity index (χ4n) is 2.97. The fraction of sp³-hybridized carbons (Fsp3) is 0.929. The van der Waals surface area contributed by atoms with E-state index in [1.54, 1.807) is 0 Å². The molecule has 1 unspecified atom stereocenters. The standard InChI is InChI=1S/C14H27N3O/c1-3-14(15)10-17(11-14)12(2)13(18)16-8-6-4-5-7-9-16/h12H,3-11,15H2,1-2H3. The number of likely N-dealkylation sites (tertiary alicyclic amines) is 2. The molecule has 2 rings (SSSR count). The van der Waals surface area contributed by atoms with Crippen LogP contribution >= 0.6 is 0 Å². The van der Waals surface area contributed by atoms with E-state index in [0.717, 1.165) is 45.4 Å². The van der Waals surface area contributed by atoms with Crippen molar-refractivity contribution in [3.8, 4) is 0 Å². The van der Waals surface area contributed by atoms with E-state index in [2.05, 4.69) is 16.7 Å². The van der Waals surface area contributed by atoms with Gasteiger partial charge in [0.1, 0.15) is 0 Å². The summed E-state index contributed by atoms with van der Waals surface area (Å²) in [5.74, 6) is 0.301. The lowest BCUT2D eigenvalue weighted by Crippen LogP contribution is -2.70. The van der Waals surface area contributed by atoms with Crippen LogP contribution in [0.5, 0.6) is 0 Å². The predicted octanol–water partition coefficient (Wildman–Crippen LogP) is 1.20. The average Bonchev–Trinajstić information content (AvgIpc) is 2.62. The molecule has 1 atom stereocenters. The molecule has 0 radical (unpaired) electrons. The number of hydrogen-bond acceptors (Lipinski definition) is 3. The van der Waals surface area contributed by atoms with Crippen LogP contribution in [-0.4, -0.2) is 53.5 Å². The first-order valence-corrected chi connectivity index (χ1v) is 7.37. The summed E-state index contributed by atoms with van der Waals surface area (Å²) in [4.78, 5) is 16.7. The number of rotatable bonds is 3. The predicted molar refractivity (Wildman–Crippen MR) is 73.3 cm³/mol. The summed E-state index contributed by atoms with van der Waals surface area (Å²) in [6.45, 7) is 7.77. The molecule has 0 spiro atoms. The Balaban J connectivity index is 1.85. The van der Waals surface area contributed by atoms with Crippen molar-refractivity contribution in [2.24, 2.45) is 5.73 Å². The highest BCUT2D eigenvalue weighted by atomic mass is 16.2. The minimum absolute atomic E-state index is 0.00586. The second-order valence-corrected chi connectivity index (χ2v) is 6.04. The van der Waals surface area contributed by atoms with Crippen LogP contribution in [0.4, 0.5) is 0 Å². The molecule has 1 amide bonds. The Hall–Kier alpha value is -0.610. The zero-order chi connectivity index (χ0) is 13.2. The van der Waals surface area contributed by atoms with E-state index < -0.39 is 0 Å². The molecular weight excluding hydrogens is 226 g/mol. The number of nitrogens with zero attached hydrogens (tertiary/aromatic N) is 2. The Morgan fingerprint density at radius 3 is 2.28 bits per heavy atom. The summed E-state index contributed by atoms with van der Waals surface area (Å²) in [7, 11) is 0. The second kappa shape index (κ2) is 5.57. The second-order valence-electron chi connectivity index (χ2n) is 6.04. The monoisotopic (exact) mass is 253 g/mol. The van der Waals surface area contributed by atoms with Crippen molar-refractivity contribution in [1.29, 1.82) is 0 Å².